The number of carbonyl (C=O) groups excluding carboxylic acids is 2. The van der Waals surface area contributed by atoms with Crippen LogP contribution in [0.4, 0.5) is 0 Å². The Labute approximate surface area is 133 Å². The van der Waals surface area contributed by atoms with Crippen LogP contribution in [-0.4, -0.2) is 46.2 Å². The average molecular weight is 327 g/mol. The van der Waals surface area contributed by atoms with Crippen molar-refractivity contribution in [3.05, 3.63) is 29.8 Å². The van der Waals surface area contributed by atoms with Crippen LogP contribution in [0.3, 0.4) is 0 Å². The number of phenols is 1. The van der Waals surface area contributed by atoms with Crippen molar-refractivity contribution in [2.24, 2.45) is 5.73 Å². The highest BCUT2D eigenvalue weighted by molar-refractivity contribution is 7.98. The first-order chi connectivity index (χ1) is 10.5. The molecule has 0 heterocycles. The molecule has 0 aliphatic heterocycles. The fourth-order valence-corrected chi connectivity index (χ4v) is 2.31. The number of carbonyl (C=O) groups is 2. The van der Waals surface area contributed by atoms with E-state index in [-0.39, 0.29) is 12.2 Å². The standard InChI is InChI=1S/C14H21N3O4S/c1-22-7-6-12(14(20)17-21)16-13(19)11(15)8-9-2-4-10(18)5-3-9/h2-5,11-12,18,21H,6-8,15H2,1H3,(H,16,19)(H,17,20). The van der Waals surface area contributed by atoms with Gasteiger partial charge in [0.1, 0.15) is 11.8 Å². The molecule has 0 fully saturated rings. The van der Waals surface area contributed by atoms with Crippen LogP contribution < -0.4 is 16.5 Å². The van der Waals surface area contributed by atoms with E-state index in [1.54, 1.807) is 17.6 Å². The van der Waals surface area contributed by atoms with Gasteiger partial charge in [0.25, 0.3) is 5.91 Å². The van der Waals surface area contributed by atoms with Gasteiger partial charge in [-0.1, -0.05) is 12.1 Å². The molecular formula is C14H21N3O4S. The molecule has 0 bridgehead atoms. The maximum absolute atomic E-state index is 12.1. The molecule has 122 valence electrons. The van der Waals surface area contributed by atoms with Gasteiger partial charge in [-0.05, 0) is 42.5 Å². The molecular weight excluding hydrogens is 306 g/mol. The third-order valence-electron chi connectivity index (χ3n) is 3.08. The fourth-order valence-electron chi connectivity index (χ4n) is 1.84. The molecule has 2 amide bonds. The number of benzene rings is 1. The van der Waals surface area contributed by atoms with Gasteiger partial charge in [0.05, 0.1) is 6.04 Å². The lowest BCUT2D eigenvalue weighted by Crippen LogP contribution is -2.51. The number of nitrogens with two attached hydrogens (primary N) is 1. The van der Waals surface area contributed by atoms with Crippen molar-refractivity contribution in [1.82, 2.24) is 10.8 Å². The summed E-state index contributed by atoms with van der Waals surface area (Å²) in [7, 11) is 0. The van der Waals surface area contributed by atoms with E-state index in [0.29, 0.717) is 12.2 Å². The highest BCUT2D eigenvalue weighted by Crippen LogP contribution is 2.11. The molecule has 0 aliphatic rings. The summed E-state index contributed by atoms with van der Waals surface area (Å²) >= 11 is 1.53. The maximum Gasteiger partial charge on any atom is 0.265 e. The second kappa shape index (κ2) is 9.29. The van der Waals surface area contributed by atoms with E-state index in [0.717, 1.165) is 5.56 Å². The average Bonchev–Trinajstić information content (AvgIpc) is 2.52. The molecule has 0 radical (unpaired) electrons. The first kappa shape index (κ1) is 18.3. The van der Waals surface area contributed by atoms with Gasteiger partial charge in [0, 0.05) is 0 Å². The van der Waals surface area contributed by atoms with Gasteiger partial charge in [-0.25, -0.2) is 5.48 Å². The summed E-state index contributed by atoms with van der Waals surface area (Å²) in [5.41, 5.74) is 8.17. The number of hydrogen-bond donors (Lipinski definition) is 5. The van der Waals surface area contributed by atoms with Crippen LogP contribution in [0.15, 0.2) is 24.3 Å². The highest BCUT2D eigenvalue weighted by Gasteiger charge is 2.23. The van der Waals surface area contributed by atoms with Gasteiger partial charge >= 0.3 is 0 Å². The van der Waals surface area contributed by atoms with Crippen molar-refractivity contribution in [3.8, 4) is 5.75 Å². The lowest BCUT2D eigenvalue weighted by atomic mass is 10.1. The minimum atomic E-state index is -0.826. The van der Waals surface area contributed by atoms with Crippen molar-refractivity contribution >= 4 is 23.6 Å². The molecule has 2 atom stereocenters. The fraction of sp³-hybridized carbons (Fsp3) is 0.429. The molecule has 0 aliphatic carbocycles. The molecule has 0 spiro atoms. The zero-order valence-corrected chi connectivity index (χ0v) is 13.1. The number of hydrogen-bond acceptors (Lipinski definition) is 6. The summed E-state index contributed by atoms with van der Waals surface area (Å²) in [5.74, 6) is -0.341. The molecule has 1 rings (SSSR count). The van der Waals surface area contributed by atoms with Crippen molar-refractivity contribution in [2.75, 3.05) is 12.0 Å². The number of phenolic OH excluding ortho intramolecular Hbond substituents is 1. The van der Waals surface area contributed by atoms with Crippen molar-refractivity contribution in [2.45, 2.75) is 24.9 Å². The topological polar surface area (TPSA) is 125 Å². The first-order valence-corrected chi connectivity index (χ1v) is 8.14. The normalized spacial score (nSPS) is 13.2. The molecule has 1 aromatic rings. The Balaban J connectivity index is 2.59. The molecule has 0 aromatic heterocycles. The van der Waals surface area contributed by atoms with Gasteiger partial charge in [0.2, 0.25) is 5.91 Å². The monoisotopic (exact) mass is 327 g/mol. The molecule has 22 heavy (non-hydrogen) atoms. The predicted octanol–water partition coefficient (Wildman–Crippen LogP) is 0.00530. The molecule has 8 heteroatoms. The Bertz CT molecular complexity index is 495. The minimum absolute atomic E-state index is 0.138. The Kier molecular flexibility index (Phi) is 7.72. The molecule has 0 saturated carbocycles. The van der Waals surface area contributed by atoms with E-state index in [4.69, 9.17) is 10.9 Å². The number of rotatable bonds is 8. The van der Waals surface area contributed by atoms with Crippen LogP contribution in [0, 0.1) is 0 Å². The molecule has 0 saturated heterocycles. The van der Waals surface area contributed by atoms with Crippen LogP contribution in [0.1, 0.15) is 12.0 Å². The zero-order chi connectivity index (χ0) is 16.5. The number of amides is 2. The Morgan fingerprint density at radius 2 is 1.91 bits per heavy atom. The first-order valence-electron chi connectivity index (χ1n) is 6.74. The van der Waals surface area contributed by atoms with Crippen molar-refractivity contribution < 1.29 is 19.9 Å². The van der Waals surface area contributed by atoms with E-state index in [1.807, 2.05) is 6.26 Å². The van der Waals surface area contributed by atoms with Gasteiger partial charge in [-0.2, -0.15) is 11.8 Å². The number of nitrogens with one attached hydrogen (secondary N) is 2. The third-order valence-corrected chi connectivity index (χ3v) is 3.73. The van der Waals surface area contributed by atoms with E-state index >= 15 is 0 Å². The quantitative estimate of drug-likeness (QED) is 0.338. The van der Waals surface area contributed by atoms with Gasteiger partial charge in [-0.15, -0.1) is 0 Å². The van der Waals surface area contributed by atoms with E-state index in [9.17, 15) is 14.7 Å². The van der Waals surface area contributed by atoms with Crippen LogP contribution >= 0.6 is 11.8 Å². The van der Waals surface area contributed by atoms with Crippen molar-refractivity contribution in [3.63, 3.8) is 0 Å². The molecule has 2 unspecified atom stereocenters. The minimum Gasteiger partial charge on any atom is -0.508 e. The summed E-state index contributed by atoms with van der Waals surface area (Å²) in [4.78, 5) is 23.6. The summed E-state index contributed by atoms with van der Waals surface area (Å²) in [5, 5.41) is 20.4. The smallest absolute Gasteiger partial charge is 0.265 e. The van der Waals surface area contributed by atoms with E-state index in [1.165, 1.54) is 23.9 Å². The van der Waals surface area contributed by atoms with E-state index < -0.39 is 23.9 Å². The third kappa shape index (κ3) is 5.92. The van der Waals surface area contributed by atoms with Gasteiger partial charge in [-0.3, -0.25) is 14.8 Å². The van der Waals surface area contributed by atoms with E-state index in [2.05, 4.69) is 5.32 Å². The highest BCUT2D eigenvalue weighted by atomic mass is 32.2. The Morgan fingerprint density at radius 3 is 2.45 bits per heavy atom. The molecule has 6 N–H and O–H groups in total. The van der Waals surface area contributed by atoms with Crippen LogP contribution in [0.25, 0.3) is 0 Å². The maximum atomic E-state index is 12.1. The van der Waals surface area contributed by atoms with Crippen LogP contribution in [0.5, 0.6) is 5.75 Å². The Morgan fingerprint density at radius 1 is 1.27 bits per heavy atom. The van der Waals surface area contributed by atoms with Gasteiger partial charge < -0.3 is 16.2 Å². The van der Waals surface area contributed by atoms with Crippen molar-refractivity contribution in [1.29, 1.82) is 0 Å². The lowest BCUT2D eigenvalue weighted by Gasteiger charge is -2.19. The predicted molar refractivity (Wildman–Crippen MR) is 84.6 cm³/mol. The van der Waals surface area contributed by atoms with Gasteiger partial charge in [0.15, 0.2) is 0 Å². The van der Waals surface area contributed by atoms with Crippen LogP contribution in [-0.2, 0) is 16.0 Å². The lowest BCUT2D eigenvalue weighted by molar-refractivity contribution is -0.135. The largest absolute Gasteiger partial charge is 0.508 e. The molecule has 1 aromatic carbocycles. The Hall–Kier alpha value is -1.77. The van der Waals surface area contributed by atoms with Crippen LogP contribution in [0.2, 0.25) is 0 Å². The number of thioether (sulfide) groups is 1. The summed E-state index contributed by atoms with van der Waals surface area (Å²) in [6, 6.07) is 4.73. The molecule has 7 nitrogen and oxygen atoms in total. The zero-order valence-electron chi connectivity index (χ0n) is 12.3. The SMILES string of the molecule is CSCCC(NC(=O)C(N)Cc1ccc(O)cc1)C(=O)NO. The number of aromatic hydroxyl groups is 1. The second-order valence-corrected chi connectivity index (χ2v) is 5.78. The summed E-state index contributed by atoms with van der Waals surface area (Å²) in [6.45, 7) is 0. The summed E-state index contributed by atoms with van der Waals surface area (Å²) < 4.78 is 0. The summed E-state index contributed by atoms with van der Waals surface area (Å²) in [6.07, 6.45) is 2.56. The second-order valence-electron chi connectivity index (χ2n) is 4.80. The number of hydroxylamine groups is 1.